The average molecular weight is 526 g/mol. The molecule has 0 aliphatic rings. The molecule has 0 spiro atoms. The smallest absolute Gasteiger partial charge is 0.261 e. The fourth-order valence-electron chi connectivity index (χ4n) is 3.14. The molecule has 2 atom stereocenters. The second-order valence-electron chi connectivity index (χ2n) is 7.48. The van der Waals surface area contributed by atoms with E-state index < -0.39 is 6.04 Å². The van der Waals surface area contributed by atoms with Crippen LogP contribution in [0.3, 0.4) is 0 Å². The molecule has 2 rings (SSSR count). The molecule has 0 radical (unpaired) electrons. The third-order valence-electron chi connectivity index (χ3n) is 5.12. The van der Waals surface area contributed by atoms with Crippen molar-refractivity contribution in [3.63, 3.8) is 0 Å². The van der Waals surface area contributed by atoms with Crippen molar-refractivity contribution in [2.45, 2.75) is 52.2 Å². The topological polar surface area (TPSA) is 67.9 Å². The summed E-state index contributed by atoms with van der Waals surface area (Å²) in [6.45, 7) is 5.89. The Morgan fingerprint density at radius 1 is 1.16 bits per heavy atom. The van der Waals surface area contributed by atoms with Crippen LogP contribution in [0.5, 0.6) is 11.5 Å². The number of halogens is 2. The molecule has 32 heavy (non-hydrogen) atoms. The minimum absolute atomic E-state index is 0.0200. The highest BCUT2D eigenvalue weighted by atomic mass is 79.9. The number of nitrogens with one attached hydrogen (secondary N) is 1. The zero-order valence-corrected chi connectivity index (χ0v) is 21.2. The summed E-state index contributed by atoms with van der Waals surface area (Å²) in [6, 6.07) is 11.9. The lowest BCUT2D eigenvalue weighted by molar-refractivity contribution is -0.143. The van der Waals surface area contributed by atoms with Crippen molar-refractivity contribution < 1.29 is 19.1 Å². The lowest BCUT2D eigenvalue weighted by atomic mass is 10.1. The van der Waals surface area contributed by atoms with Crippen LogP contribution in [0.25, 0.3) is 0 Å². The van der Waals surface area contributed by atoms with Crippen molar-refractivity contribution in [1.29, 1.82) is 0 Å². The highest BCUT2D eigenvalue weighted by molar-refractivity contribution is 9.10. The third kappa shape index (κ3) is 7.41. The monoisotopic (exact) mass is 524 g/mol. The van der Waals surface area contributed by atoms with E-state index in [0.29, 0.717) is 27.4 Å². The molecule has 0 aliphatic carbocycles. The highest BCUT2D eigenvalue weighted by Gasteiger charge is 2.29. The van der Waals surface area contributed by atoms with Crippen LogP contribution in [0.4, 0.5) is 0 Å². The third-order valence-corrected chi connectivity index (χ3v) is 5.97. The van der Waals surface area contributed by atoms with E-state index in [1.165, 1.54) is 0 Å². The van der Waals surface area contributed by atoms with Gasteiger partial charge in [0, 0.05) is 17.6 Å². The molecule has 0 bridgehead atoms. The molecular weight excluding hydrogens is 496 g/mol. The number of nitrogens with zero attached hydrogens (tertiary/aromatic N) is 1. The number of amides is 2. The van der Waals surface area contributed by atoms with E-state index in [9.17, 15) is 9.59 Å². The lowest BCUT2D eigenvalue weighted by Gasteiger charge is -2.31. The predicted molar refractivity (Wildman–Crippen MR) is 130 cm³/mol. The summed E-state index contributed by atoms with van der Waals surface area (Å²) in [5.74, 6) is 0.723. The Labute approximate surface area is 203 Å². The molecule has 0 saturated carbocycles. The molecule has 8 heteroatoms. The van der Waals surface area contributed by atoms with E-state index in [1.54, 1.807) is 30.2 Å². The van der Waals surface area contributed by atoms with Gasteiger partial charge in [0.2, 0.25) is 5.91 Å². The fraction of sp³-hybridized carbons (Fsp3) is 0.417. The number of methoxy groups -OCH3 is 1. The van der Waals surface area contributed by atoms with Crippen molar-refractivity contribution in [2.24, 2.45) is 0 Å². The Morgan fingerprint density at radius 3 is 2.53 bits per heavy atom. The van der Waals surface area contributed by atoms with Gasteiger partial charge in [-0.1, -0.05) is 37.6 Å². The van der Waals surface area contributed by atoms with Gasteiger partial charge in [-0.2, -0.15) is 0 Å². The van der Waals surface area contributed by atoms with Gasteiger partial charge in [0.15, 0.2) is 6.61 Å². The zero-order valence-electron chi connectivity index (χ0n) is 18.9. The summed E-state index contributed by atoms with van der Waals surface area (Å²) in [4.78, 5) is 27.8. The molecule has 2 aromatic rings. The Morgan fingerprint density at radius 2 is 1.91 bits per heavy atom. The molecule has 0 aromatic heterocycles. The standard InChI is InChI=1S/C24H30BrClN2O4/c1-5-16(3)27-24(30)21(6-2)28(14-17-8-7-9-19(12-17)31-4)23(29)15-32-22-11-10-18(26)13-20(22)25/h7-13,16,21H,5-6,14-15H2,1-4H3,(H,27,30)/t16-,21-/m1/s1. The van der Waals surface area contributed by atoms with Crippen molar-refractivity contribution >= 4 is 39.3 Å². The SMILES string of the molecule is CC[C@@H](C)NC(=O)[C@@H](CC)N(Cc1cccc(OC)c1)C(=O)COc1ccc(Cl)cc1Br. The Kier molecular flexibility index (Phi) is 10.3. The Hall–Kier alpha value is -2.25. The van der Waals surface area contributed by atoms with Crippen LogP contribution in [0.1, 0.15) is 39.2 Å². The van der Waals surface area contributed by atoms with Crippen molar-refractivity contribution in [3.8, 4) is 11.5 Å². The van der Waals surface area contributed by atoms with Gasteiger partial charge in [0.25, 0.3) is 5.91 Å². The molecule has 1 N–H and O–H groups in total. The minimum Gasteiger partial charge on any atom is -0.497 e. The van der Waals surface area contributed by atoms with E-state index in [4.69, 9.17) is 21.1 Å². The second-order valence-corrected chi connectivity index (χ2v) is 8.77. The zero-order chi connectivity index (χ0) is 23.7. The quantitative estimate of drug-likeness (QED) is 0.437. The van der Waals surface area contributed by atoms with Gasteiger partial charge in [-0.05, 0) is 71.6 Å². The van der Waals surface area contributed by atoms with Crippen LogP contribution in [0, 0.1) is 0 Å². The molecule has 2 amide bonds. The first-order chi connectivity index (χ1) is 15.3. The number of carbonyl (C=O) groups excluding carboxylic acids is 2. The van der Waals surface area contributed by atoms with Crippen molar-refractivity contribution in [3.05, 3.63) is 57.5 Å². The highest BCUT2D eigenvalue weighted by Crippen LogP contribution is 2.28. The number of rotatable bonds is 11. The van der Waals surface area contributed by atoms with Gasteiger partial charge < -0.3 is 19.7 Å². The summed E-state index contributed by atoms with van der Waals surface area (Å²) < 4.78 is 11.7. The molecule has 0 aliphatic heterocycles. The van der Waals surface area contributed by atoms with E-state index in [2.05, 4.69) is 21.2 Å². The fourth-order valence-corrected chi connectivity index (χ4v) is 3.94. The maximum atomic E-state index is 13.3. The second kappa shape index (κ2) is 12.7. The average Bonchev–Trinajstić information content (AvgIpc) is 2.78. The normalized spacial score (nSPS) is 12.6. The van der Waals surface area contributed by atoms with Gasteiger partial charge >= 0.3 is 0 Å². The maximum absolute atomic E-state index is 13.3. The number of hydrogen-bond donors (Lipinski definition) is 1. The Balaban J connectivity index is 2.25. The summed E-state index contributed by atoms with van der Waals surface area (Å²) in [7, 11) is 1.59. The predicted octanol–water partition coefficient (Wildman–Crippen LogP) is 5.21. The summed E-state index contributed by atoms with van der Waals surface area (Å²) in [5.41, 5.74) is 0.861. The number of carbonyl (C=O) groups is 2. The van der Waals surface area contributed by atoms with Gasteiger partial charge in [-0.15, -0.1) is 0 Å². The minimum atomic E-state index is -0.625. The van der Waals surface area contributed by atoms with E-state index in [0.717, 1.165) is 12.0 Å². The van der Waals surface area contributed by atoms with Gasteiger partial charge in [-0.25, -0.2) is 0 Å². The molecule has 6 nitrogen and oxygen atoms in total. The van der Waals surface area contributed by atoms with Crippen molar-refractivity contribution in [1.82, 2.24) is 10.2 Å². The van der Waals surface area contributed by atoms with Gasteiger partial charge in [-0.3, -0.25) is 9.59 Å². The molecule has 2 aromatic carbocycles. The summed E-state index contributed by atoms with van der Waals surface area (Å²) in [5, 5.41) is 3.55. The van der Waals surface area contributed by atoms with Crippen LogP contribution < -0.4 is 14.8 Å². The molecular formula is C24H30BrClN2O4. The molecule has 0 heterocycles. The Bertz CT molecular complexity index is 925. The van der Waals surface area contributed by atoms with E-state index >= 15 is 0 Å². The van der Waals surface area contributed by atoms with Crippen LogP contribution in [-0.4, -0.2) is 42.5 Å². The van der Waals surface area contributed by atoms with Crippen LogP contribution >= 0.6 is 27.5 Å². The van der Waals surface area contributed by atoms with Crippen LogP contribution in [0.2, 0.25) is 5.02 Å². The van der Waals surface area contributed by atoms with Gasteiger partial charge in [0.1, 0.15) is 17.5 Å². The first kappa shape index (κ1) is 26.0. The number of ether oxygens (including phenoxy) is 2. The first-order valence-corrected chi connectivity index (χ1v) is 11.8. The van der Waals surface area contributed by atoms with Crippen molar-refractivity contribution in [2.75, 3.05) is 13.7 Å². The van der Waals surface area contributed by atoms with Gasteiger partial charge in [0.05, 0.1) is 11.6 Å². The first-order valence-electron chi connectivity index (χ1n) is 10.6. The molecule has 0 saturated heterocycles. The lowest BCUT2D eigenvalue weighted by Crippen LogP contribution is -2.51. The number of hydrogen-bond acceptors (Lipinski definition) is 4. The molecule has 0 unspecified atom stereocenters. The number of benzene rings is 2. The summed E-state index contributed by atoms with van der Waals surface area (Å²) >= 11 is 9.37. The summed E-state index contributed by atoms with van der Waals surface area (Å²) in [6.07, 6.45) is 1.28. The molecule has 0 fully saturated rings. The maximum Gasteiger partial charge on any atom is 0.261 e. The van der Waals surface area contributed by atoms with E-state index in [-0.39, 0.29) is 31.0 Å². The molecule has 174 valence electrons. The van der Waals surface area contributed by atoms with Crippen LogP contribution in [-0.2, 0) is 16.1 Å². The van der Waals surface area contributed by atoms with Crippen LogP contribution in [0.15, 0.2) is 46.9 Å². The largest absolute Gasteiger partial charge is 0.497 e. The van der Waals surface area contributed by atoms with E-state index in [1.807, 2.05) is 45.0 Å².